The molecular formula is C24H35N3O8S. The first kappa shape index (κ1) is 26.6. The Kier molecular flexibility index (Phi) is 6.15. The largest absolute Gasteiger partial charge is 0.444 e. The minimum Gasteiger partial charge on any atom is -0.444 e. The molecule has 200 valence electrons. The minimum absolute atomic E-state index is 0.0292. The lowest BCUT2D eigenvalue weighted by molar-refractivity contribution is -0.186. The van der Waals surface area contributed by atoms with Crippen LogP contribution in [0.25, 0.3) is 0 Å². The van der Waals surface area contributed by atoms with Crippen molar-refractivity contribution >= 4 is 22.2 Å². The number of alkyl carbamates (subject to hydrolysis) is 2. The van der Waals surface area contributed by atoms with Crippen LogP contribution in [0, 0.1) is 6.92 Å². The standard InChI is InChI=1S/C24H35N3O8S/c1-13-9-11-15(12-10-13)36(30,31)27-17-16(25-19(28)34-21(3,4)5)18-23(8,35-22(6,7)33-18)24(17)14(2)32-20(29)26-24/h9-12,14,16-18,27H,1-8H3,(H,25,28)(H,26,29)/t14-,16+,17+,18+,23+,24+/m1/s1. The number of amides is 2. The van der Waals surface area contributed by atoms with Gasteiger partial charge in [-0.25, -0.2) is 22.7 Å². The van der Waals surface area contributed by atoms with E-state index in [4.69, 9.17) is 18.9 Å². The van der Waals surface area contributed by atoms with E-state index in [0.29, 0.717) is 0 Å². The van der Waals surface area contributed by atoms with E-state index in [0.717, 1.165) is 5.56 Å². The van der Waals surface area contributed by atoms with Gasteiger partial charge in [0, 0.05) is 0 Å². The van der Waals surface area contributed by atoms with Crippen molar-refractivity contribution in [2.45, 2.75) is 107 Å². The molecule has 3 fully saturated rings. The zero-order chi connectivity index (χ0) is 26.9. The van der Waals surface area contributed by atoms with Crippen molar-refractivity contribution in [3.05, 3.63) is 29.8 Å². The van der Waals surface area contributed by atoms with Gasteiger partial charge >= 0.3 is 12.2 Å². The van der Waals surface area contributed by atoms with Gasteiger partial charge in [0.25, 0.3) is 0 Å². The van der Waals surface area contributed by atoms with E-state index < -0.39 is 69.0 Å². The molecule has 12 heteroatoms. The highest BCUT2D eigenvalue weighted by Gasteiger charge is 2.79. The molecule has 0 radical (unpaired) electrons. The average molecular weight is 526 g/mol. The molecule has 3 aliphatic rings. The number of hydrogen-bond acceptors (Lipinski definition) is 8. The summed E-state index contributed by atoms with van der Waals surface area (Å²) in [6.07, 6.45) is -3.20. The number of nitrogens with one attached hydrogen (secondary N) is 3. The van der Waals surface area contributed by atoms with Crippen molar-refractivity contribution in [2.24, 2.45) is 0 Å². The number of hydrogen-bond donors (Lipinski definition) is 3. The van der Waals surface area contributed by atoms with Gasteiger partial charge in [0.2, 0.25) is 10.0 Å². The van der Waals surface area contributed by atoms with E-state index in [1.54, 1.807) is 60.6 Å². The summed E-state index contributed by atoms with van der Waals surface area (Å²) in [7, 11) is -4.12. The summed E-state index contributed by atoms with van der Waals surface area (Å²) in [5, 5.41) is 5.62. The number of carbonyl (C=O) groups excluding carboxylic acids is 2. The van der Waals surface area contributed by atoms with Crippen LogP contribution in [0.1, 0.15) is 54.0 Å². The molecule has 4 rings (SSSR count). The van der Waals surface area contributed by atoms with Gasteiger partial charge in [0.1, 0.15) is 28.9 Å². The van der Waals surface area contributed by atoms with Crippen molar-refractivity contribution in [1.82, 2.24) is 15.4 Å². The number of rotatable bonds is 4. The third-order valence-electron chi connectivity index (χ3n) is 6.94. The lowest BCUT2D eigenvalue weighted by Crippen LogP contribution is -2.72. The molecule has 3 N–H and O–H groups in total. The lowest BCUT2D eigenvalue weighted by atomic mass is 9.77. The number of ether oxygens (including phenoxy) is 4. The zero-order valence-corrected chi connectivity index (χ0v) is 22.6. The number of carbonyl (C=O) groups is 2. The van der Waals surface area contributed by atoms with E-state index >= 15 is 0 Å². The van der Waals surface area contributed by atoms with Gasteiger partial charge in [-0.2, -0.15) is 0 Å². The predicted molar refractivity (Wildman–Crippen MR) is 129 cm³/mol. The van der Waals surface area contributed by atoms with Crippen LogP contribution >= 0.6 is 0 Å². The van der Waals surface area contributed by atoms with Gasteiger partial charge < -0.3 is 29.6 Å². The van der Waals surface area contributed by atoms with Crippen LogP contribution in [0.5, 0.6) is 0 Å². The van der Waals surface area contributed by atoms with E-state index in [1.807, 2.05) is 6.92 Å². The molecule has 0 aromatic heterocycles. The molecule has 36 heavy (non-hydrogen) atoms. The van der Waals surface area contributed by atoms with Gasteiger partial charge in [-0.15, -0.1) is 0 Å². The monoisotopic (exact) mass is 525 g/mol. The quantitative estimate of drug-likeness (QED) is 0.544. The summed E-state index contributed by atoms with van der Waals surface area (Å²) in [6.45, 7) is 13.8. The van der Waals surface area contributed by atoms with Crippen molar-refractivity contribution in [1.29, 1.82) is 0 Å². The first-order chi connectivity index (χ1) is 16.4. The predicted octanol–water partition coefficient (Wildman–Crippen LogP) is 2.33. The fourth-order valence-corrected chi connectivity index (χ4v) is 6.94. The zero-order valence-electron chi connectivity index (χ0n) is 21.8. The maximum absolute atomic E-state index is 13.5. The molecule has 11 nitrogen and oxygen atoms in total. The first-order valence-electron chi connectivity index (χ1n) is 11.9. The molecule has 1 spiro atoms. The summed E-state index contributed by atoms with van der Waals surface area (Å²) in [4.78, 5) is 25.5. The highest BCUT2D eigenvalue weighted by atomic mass is 32.2. The number of fused-ring (bicyclic) bond motifs is 2. The smallest absolute Gasteiger partial charge is 0.408 e. The molecule has 6 atom stereocenters. The Morgan fingerprint density at radius 1 is 1.14 bits per heavy atom. The summed E-state index contributed by atoms with van der Waals surface area (Å²) in [6, 6.07) is 4.23. The third-order valence-corrected chi connectivity index (χ3v) is 8.40. The number of benzene rings is 1. The summed E-state index contributed by atoms with van der Waals surface area (Å²) in [5.41, 5.74) is -2.63. The lowest BCUT2D eigenvalue weighted by Gasteiger charge is -2.44. The molecule has 1 aromatic carbocycles. The second-order valence-corrected chi connectivity index (χ2v) is 13.0. The molecule has 1 aromatic rings. The van der Waals surface area contributed by atoms with Gasteiger partial charge in [-0.3, -0.25) is 0 Å². The Bertz CT molecular complexity index is 1160. The van der Waals surface area contributed by atoms with Crippen molar-refractivity contribution in [3.8, 4) is 0 Å². The Hall–Kier alpha value is -2.41. The fraction of sp³-hybridized carbons (Fsp3) is 0.667. The molecule has 2 amide bonds. The molecule has 0 bridgehead atoms. The topological polar surface area (TPSA) is 141 Å². The Labute approximate surface area is 211 Å². The molecule has 2 aliphatic heterocycles. The summed E-state index contributed by atoms with van der Waals surface area (Å²) < 4.78 is 53.3. The van der Waals surface area contributed by atoms with Crippen molar-refractivity contribution in [3.63, 3.8) is 0 Å². The van der Waals surface area contributed by atoms with Crippen LogP contribution < -0.4 is 15.4 Å². The van der Waals surface area contributed by atoms with Crippen LogP contribution in [0.4, 0.5) is 9.59 Å². The van der Waals surface area contributed by atoms with Gasteiger partial charge in [0.05, 0.1) is 17.0 Å². The van der Waals surface area contributed by atoms with E-state index in [2.05, 4.69) is 15.4 Å². The molecular weight excluding hydrogens is 490 g/mol. The highest BCUT2D eigenvalue weighted by Crippen LogP contribution is 2.55. The first-order valence-corrected chi connectivity index (χ1v) is 13.3. The van der Waals surface area contributed by atoms with Crippen LogP contribution in [0.15, 0.2) is 29.2 Å². The SMILES string of the molecule is Cc1ccc(S(=O)(=O)N[C@H]2[C@H](NC(=O)OC(C)(C)C)[C@@H]3OC(C)(C)O[C@]3(C)[C@@]23NC(=O)O[C@@H]3C)cc1. The van der Waals surface area contributed by atoms with E-state index in [-0.39, 0.29) is 4.90 Å². The van der Waals surface area contributed by atoms with Crippen molar-refractivity contribution < 1.29 is 37.0 Å². The molecule has 0 unspecified atom stereocenters. The molecule has 2 heterocycles. The van der Waals surface area contributed by atoms with Gasteiger partial charge in [-0.1, -0.05) is 17.7 Å². The Morgan fingerprint density at radius 2 is 1.75 bits per heavy atom. The second-order valence-electron chi connectivity index (χ2n) is 11.3. The maximum atomic E-state index is 13.5. The van der Waals surface area contributed by atoms with E-state index in [9.17, 15) is 18.0 Å². The highest BCUT2D eigenvalue weighted by molar-refractivity contribution is 7.89. The molecule has 1 aliphatic carbocycles. The van der Waals surface area contributed by atoms with Crippen LogP contribution in [0.3, 0.4) is 0 Å². The number of sulfonamides is 1. The normalized spacial score (nSPS) is 35.3. The molecule has 2 saturated heterocycles. The van der Waals surface area contributed by atoms with Gasteiger partial charge in [-0.05, 0) is 67.5 Å². The summed E-state index contributed by atoms with van der Waals surface area (Å²) in [5.74, 6) is -1.09. The van der Waals surface area contributed by atoms with Crippen LogP contribution in [-0.2, 0) is 29.0 Å². The fourth-order valence-electron chi connectivity index (χ4n) is 5.65. The summed E-state index contributed by atoms with van der Waals surface area (Å²) >= 11 is 0. The van der Waals surface area contributed by atoms with Crippen LogP contribution in [-0.4, -0.2) is 67.4 Å². The maximum Gasteiger partial charge on any atom is 0.408 e. The average Bonchev–Trinajstić information content (AvgIpc) is 3.21. The second kappa shape index (κ2) is 8.30. The number of aryl methyl sites for hydroxylation is 1. The van der Waals surface area contributed by atoms with Crippen molar-refractivity contribution in [2.75, 3.05) is 0 Å². The number of cyclic esters (lactones) is 1. The third kappa shape index (κ3) is 4.33. The Morgan fingerprint density at radius 3 is 2.28 bits per heavy atom. The Balaban J connectivity index is 1.83. The van der Waals surface area contributed by atoms with Gasteiger partial charge in [0.15, 0.2) is 5.79 Å². The van der Waals surface area contributed by atoms with E-state index in [1.165, 1.54) is 12.1 Å². The molecule has 1 saturated carbocycles. The van der Waals surface area contributed by atoms with Crippen LogP contribution in [0.2, 0.25) is 0 Å². The minimum atomic E-state index is -4.12.